The van der Waals surface area contributed by atoms with Crippen molar-refractivity contribution in [2.45, 2.75) is 6.10 Å². The van der Waals surface area contributed by atoms with E-state index >= 15 is 13.2 Å². The lowest BCUT2D eigenvalue weighted by molar-refractivity contribution is 0.147. The molecule has 1 N–H and O–H groups in total. The number of imidazole rings is 1. The zero-order valence-corrected chi connectivity index (χ0v) is 20.2. The van der Waals surface area contributed by atoms with Crippen LogP contribution in [0.5, 0.6) is 0 Å². The van der Waals surface area contributed by atoms with E-state index < -0.39 is 35.2 Å². The first-order valence-corrected chi connectivity index (χ1v) is 12.0. The zero-order valence-electron chi connectivity index (χ0n) is 20.2. The fourth-order valence-corrected chi connectivity index (χ4v) is 4.44. The number of halogens is 3. The number of benzene rings is 3. The summed E-state index contributed by atoms with van der Waals surface area (Å²) in [7, 11) is 0. The first-order valence-electron chi connectivity index (χ1n) is 12.0. The van der Waals surface area contributed by atoms with E-state index in [0.29, 0.717) is 11.5 Å². The predicted molar refractivity (Wildman–Crippen MR) is 137 cm³/mol. The van der Waals surface area contributed by atoms with Gasteiger partial charge in [-0.2, -0.15) is 0 Å². The van der Waals surface area contributed by atoms with Gasteiger partial charge in [0.25, 0.3) is 0 Å². The molecule has 1 saturated heterocycles. The lowest BCUT2D eigenvalue weighted by Crippen LogP contribution is -2.27. The van der Waals surface area contributed by atoms with Crippen LogP contribution in [0.3, 0.4) is 0 Å². The monoisotopic (exact) mass is 531 g/mol. The highest BCUT2D eigenvalue weighted by Gasteiger charge is 2.33. The van der Waals surface area contributed by atoms with E-state index in [4.69, 9.17) is 9.26 Å². The van der Waals surface area contributed by atoms with Crippen molar-refractivity contribution in [1.82, 2.24) is 14.7 Å². The minimum absolute atomic E-state index is 0.00775. The third-order valence-corrected chi connectivity index (χ3v) is 6.33. The fraction of sp³-hybridized carbons (Fsp3) is 0.107. The average Bonchev–Trinajstić information content (AvgIpc) is 3.69. The number of hydrogen-bond donors (Lipinski definition) is 1. The molecule has 196 valence electrons. The summed E-state index contributed by atoms with van der Waals surface area (Å²) in [5.74, 6) is -2.10. The van der Waals surface area contributed by atoms with Gasteiger partial charge in [0.05, 0.1) is 35.7 Å². The Kier molecular flexibility index (Phi) is 6.23. The van der Waals surface area contributed by atoms with Crippen LogP contribution in [-0.2, 0) is 4.74 Å². The van der Waals surface area contributed by atoms with Crippen LogP contribution in [0.25, 0.3) is 28.1 Å². The summed E-state index contributed by atoms with van der Waals surface area (Å²) < 4.78 is 57.0. The van der Waals surface area contributed by atoms with Crippen LogP contribution < -0.4 is 10.2 Å². The van der Waals surface area contributed by atoms with E-state index in [1.54, 1.807) is 12.3 Å². The van der Waals surface area contributed by atoms with Crippen LogP contribution >= 0.6 is 0 Å². The maximum Gasteiger partial charge on any atom is 0.414 e. The van der Waals surface area contributed by atoms with E-state index in [2.05, 4.69) is 15.5 Å². The number of carbonyl (C=O) groups is 1. The maximum atomic E-state index is 15.2. The summed E-state index contributed by atoms with van der Waals surface area (Å²) in [5, 5.41) is 6.65. The second kappa shape index (κ2) is 10.0. The quantitative estimate of drug-likeness (QED) is 0.275. The Bertz CT molecular complexity index is 1620. The van der Waals surface area contributed by atoms with Gasteiger partial charge in [-0.15, -0.1) is 0 Å². The summed E-state index contributed by atoms with van der Waals surface area (Å²) >= 11 is 0. The Labute approximate surface area is 220 Å². The molecule has 0 radical (unpaired) electrons. The van der Waals surface area contributed by atoms with Gasteiger partial charge < -0.3 is 19.1 Å². The molecule has 1 amide bonds. The topological polar surface area (TPSA) is 85.4 Å². The van der Waals surface area contributed by atoms with Crippen LogP contribution in [-0.4, -0.2) is 40.0 Å². The molecule has 3 heterocycles. The molecule has 0 unspecified atom stereocenters. The second-order valence-corrected chi connectivity index (χ2v) is 8.86. The lowest BCUT2D eigenvalue weighted by atomic mass is 10.0. The number of ether oxygens (including phenoxy) is 1. The van der Waals surface area contributed by atoms with E-state index in [0.717, 1.165) is 28.7 Å². The van der Waals surface area contributed by atoms with Gasteiger partial charge in [0.2, 0.25) is 0 Å². The Morgan fingerprint density at radius 1 is 0.949 bits per heavy atom. The number of carbonyl (C=O) groups excluding carboxylic acids is 1. The fourth-order valence-electron chi connectivity index (χ4n) is 4.44. The molecule has 39 heavy (non-hydrogen) atoms. The van der Waals surface area contributed by atoms with E-state index in [9.17, 15) is 4.79 Å². The first-order chi connectivity index (χ1) is 19.0. The molecular formula is C28H20F3N5O3. The highest BCUT2D eigenvalue weighted by molar-refractivity contribution is 5.90. The van der Waals surface area contributed by atoms with Gasteiger partial charge in [-0.1, -0.05) is 41.6 Å². The number of cyclic esters (lactones) is 1. The Balaban J connectivity index is 1.21. The van der Waals surface area contributed by atoms with Crippen molar-refractivity contribution in [3.63, 3.8) is 0 Å². The van der Waals surface area contributed by atoms with Crippen molar-refractivity contribution < 1.29 is 27.2 Å². The zero-order chi connectivity index (χ0) is 26.9. The number of aromatic nitrogens is 3. The summed E-state index contributed by atoms with van der Waals surface area (Å²) in [6.07, 6.45) is 3.22. The summed E-state index contributed by atoms with van der Waals surface area (Å²) in [6.45, 7) is 0.300. The third kappa shape index (κ3) is 4.81. The minimum atomic E-state index is -0.942. The van der Waals surface area contributed by atoms with Gasteiger partial charge in [0, 0.05) is 17.8 Å². The van der Waals surface area contributed by atoms with Crippen molar-refractivity contribution in [3.8, 4) is 28.1 Å². The number of amides is 1. The Morgan fingerprint density at radius 2 is 1.74 bits per heavy atom. The van der Waals surface area contributed by atoms with Crippen molar-refractivity contribution in [2.75, 3.05) is 23.3 Å². The Hall–Kier alpha value is -5.06. The summed E-state index contributed by atoms with van der Waals surface area (Å²) in [6, 6.07) is 17.0. The van der Waals surface area contributed by atoms with Crippen molar-refractivity contribution in [1.29, 1.82) is 0 Å². The Morgan fingerprint density at radius 3 is 2.46 bits per heavy atom. The molecule has 0 spiro atoms. The van der Waals surface area contributed by atoms with Gasteiger partial charge in [0.1, 0.15) is 36.1 Å². The molecule has 1 aliphatic heterocycles. The van der Waals surface area contributed by atoms with E-state index in [-0.39, 0.29) is 30.0 Å². The molecule has 2 aromatic heterocycles. The van der Waals surface area contributed by atoms with E-state index in [1.165, 1.54) is 29.3 Å². The molecule has 6 rings (SSSR count). The summed E-state index contributed by atoms with van der Waals surface area (Å²) in [5.41, 5.74) is 1.30. The highest BCUT2D eigenvalue weighted by Crippen LogP contribution is 2.33. The predicted octanol–water partition coefficient (Wildman–Crippen LogP) is 6.05. The first kappa shape index (κ1) is 24.3. The van der Waals surface area contributed by atoms with Crippen LogP contribution in [0.4, 0.5) is 29.5 Å². The number of rotatable bonds is 7. The van der Waals surface area contributed by atoms with Gasteiger partial charge >= 0.3 is 6.09 Å². The van der Waals surface area contributed by atoms with Gasteiger partial charge in [-0.3, -0.25) is 4.90 Å². The molecule has 0 bridgehead atoms. The molecule has 5 aromatic rings. The van der Waals surface area contributed by atoms with Gasteiger partial charge in [-0.05, 0) is 29.8 Å². The third-order valence-electron chi connectivity index (χ3n) is 6.33. The molecule has 3 aromatic carbocycles. The maximum absolute atomic E-state index is 15.2. The summed E-state index contributed by atoms with van der Waals surface area (Å²) in [4.78, 5) is 17.8. The largest absolute Gasteiger partial charge is 0.442 e. The van der Waals surface area contributed by atoms with Gasteiger partial charge in [-0.25, -0.2) is 22.9 Å². The normalized spacial score (nSPS) is 15.0. The van der Waals surface area contributed by atoms with Crippen molar-refractivity contribution in [2.24, 2.45) is 0 Å². The molecule has 11 heteroatoms. The van der Waals surface area contributed by atoms with Gasteiger partial charge in [0.15, 0.2) is 5.82 Å². The second-order valence-electron chi connectivity index (χ2n) is 8.86. The van der Waals surface area contributed by atoms with Crippen LogP contribution in [0.2, 0.25) is 0 Å². The molecule has 8 nitrogen and oxygen atoms in total. The lowest BCUT2D eigenvalue weighted by Gasteiger charge is -2.16. The van der Waals surface area contributed by atoms with Crippen molar-refractivity contribution >= 4 is 17.6 Å². The number of nitrogens with zero attached hydrogens (tertiary/aromatic N) is 4. The molecule has 1 atom stereocenters. The number of nitrogens with one attached hydrogen (secondary N) is 1. The molecular weight excluding hydrogens is 511 g/mol. The van der Waals surface area contributed by atoms with E-state index in [1.807, 2.05) is 30.3 Å². The molecule has 1 aliphatic rings. The standard InChI is InChI=1S/C28H20F3N5O3/c29-21-10-18(6-7-25(21)35-15-24(33-16-35)17-4-2-1-3-5-17)27-22(30)11-19(12-23(27)31)36-14-20(39-28(36)37)13-32-26-8-9-38-34-26/h1-12,15-16,20H,13-14H2,(H,32,34)/t20-/m0/s1. The molecule has 0 aliphatic carbocycles. The number of hydrogen-bond acceptors (Lipinski definition) is 6. The SMILES string of the molecule is O=C1O[C@@H](CNc2ccon2)CN1c1cc(F)c(-c2ccc(-n3cnc(-c4ccccc4)c3)c(F)c2)c(F)c1. The van der Waals surface area contributed by atoms with Crippen LogP contribution in [0, 0.1) is 17.5 Å². The highest BCUT2D eigenvalue weighted by atomic mass is 19.1. The number of anilines is 2. The van der Waals surface area contributed by atoms with Crippen molar-refractivity contribution in [3.05, 3.63) is 103 Å². The average molecular weight is 531 g/mol. The smallest absolute Gasteiger partial charge is 0.414 e. The van der Waals surface area contributed by atoms with Crippen LogP contribution in [0.1, 0.15) is 0 Å². The molecule has 0 saturated carbocycles. The minimum Gasteiger partial charge on any atom is -0.442 e. The molecule has 1 fully saturated rings. The van der Waals surface area contributed by atoms with Crippen LogP contribution in [0.15, 0.2) is 90.0 Å².